The molecule has 0 spiro atoms. The van der Waals surface area contributed by atoms with Crippen molar-refractivity contribution in [3.8, 4) is 11.5 Å². The van der Waals surface area contributed by atoms with E-state index in [1.165, 1.54) is 26.4 Å². The van der Waals surface area contributed by atoms with Gasteiger partial charge in [0.25, 0.3) is 5.91 Å². The molecule has 0 aromatic heterocycles. The van der Waals surface area contributed by atoms with Gasteiger partial charge in [0.1, 0.15) is 0 Å². The Hall–Kier alpha value is -4.13. The lowest BCUT2D eigenvalue weighted by Crippen LogP contribution is -2.18. The van der Waals surface area contributed by atoms with Crippen LogP contribution in [0.15, 0.2) is 72.8 Å². The maximum atomic E-state index is 12.7. The minimum Gasteiger partial charge on any atom is -0.493 e. The van der Waals surface area contributed by atoms with Crippen LogP contribution in [0.25, 0.3) is 0 Å². The van der Waals surface area contributed by atoms with Crippen LogP contribution >= 0.6 is 0 Å². The molecule has 0 fully saturated rings. The Kier molecular flexibility index (Phi) is 7.01. The lowest BCUT2D eigenvalue weighted by atomic mass is 10.1. The zero-order valence-electron chi connectivity index (χ0n) is 17.1. The Labute approximate surface area is 179 Å². The Morgan fingerprint density at radius 3 is 2.16 bits per heavy atom. The van der Waals surface area contributed by atoms with Crippen LogP contribution in [0, 0.1) is 0 Å². The third-order valence-corrected chi connectivity index (χ3v) is 4.47. The second-order valence-electron chi connectivity index (χ2n) is 6.43. The molecule has 0 aliphatic carbocycles. The van der Waals surface area contributed by atoms with Gasteiger partial charge in [-0.1, -0.05) is 42.5 Å². The minimum atomic E-state index is -0.715. The van der Waals surface area contributed by atoms with Gasteiger partial charge in [0.15, 0.2) is 23.9 Å². The van der Waals surface area contributed by atoms with Crippen LogP contribution in [0.5, 0.6) is 11.5 Å². The first-order valence-corrected chi connectivity index (χ1v) is 9.41. The number of esters is 1. The molecular weight excluding hydrogens is 398 g/mol. The van der Waals surface area contributed by atoms with E-state index in [0.717, 1.165) is 0 Å². The summed E-state index contributed by atoms with van der Waals surface area (Å²) in [7, 11) is 2.98. The molecule has 0 aliphatic heterocycles. The number of amides is 1. The van der Waals surface area contributed by atoms with Gasteiger partial charge in [0, 0.05) is 11.1 Å². The van der Waals surface area contributed by atoms with Crippen LogP contribution < -0.4 is 14.8 Å². The largest absolute Gasteiger partial charge is 0.493 e. The molecule has 7 heteroatoms. The molecule has 0 saturated heterocycles. The summed E-state index contributed by atoms with van der Waals surface area (Å²) in [6.45, 7) is -0.402. The summed E-state index contributed by atoms with van der Waals surface area (Å²) in [5, 5.41) is 2.69. The van der Waals surface area contributed by atoms with E-state index in [0.29, 0.717) is 22.6 Å². The molecule has 3 rings (SSSR count). The van der Waals surface area contributed by atoms with Gasteiger partial charge in [-0.15, -0.1) is 0 Å². The fraction of sp³-hybridized carbons (Fsp3) is 0.125. The molecule has 3 aromatic carbocycles. The predicted octanol–water partition coefficient (Wildman–Crippen LogP) is 4.00. The number of hydrogen-bond donors (Lipinski definition) is 1. The normalized spacial score (nSPS) is 10.1. The van der Waals surface area contributed by atoms with Gasteiger partial charge in [-0.2, -0.15) is 0 Å². The van der Waals surface area contributed by atoms with E-state index in [9.17, 15) is 14.4 Å². The number of anilines is 1. The van der Waals surface area contributed by atoms with E-state index in [1.807, 2.05) is 0 Å². The van der Waals surface area contributed by atoms with Crippen molar-refractivity contribution in [2.24, 2.45) is 0 Å². The maximum Gasteiger partial charge on any atom is 0.340 e. The number of para-hydroxylation sites is 1. The van der Waals surface area contributed by atoms with E-state index < -0.39 is 18.5 Å². The first-order valence-electron chi connectivity index (χ1n) is 9.41. The maximum absolute atomic E-state index is 12.7. The second-order valence-corrected chi connectivity index (χ2v) is 6.43. The lowest BCUT2D eigenvalue weighted by Gasteiger charge is -2.12. The fourth-order valence-corrected chi connectivity index (χ4v) is 2.86. The third kappa shape index (κ3) is 5.27. The Balaban J connectivity index is 1.72. The van der Waals surface area contributed by atoms with Crippen molar-refractivity contribution in [1.29, 1.82) is 0 Å². The highest BCUT2D eigenvalue weighted by Crippen LogP contribution is 2.28. The molecule has 7 nitrogen and oxygen atoms in total. The standard InChI is InChI=1S/C24H21NO6/c1-29-21-13-12-17(14-22(21)30-2)23(27)25-19-11-7-6-10-18(19)24(28)31-15-20(26)16-8-4-3-5-9-16/h3-14H,15H2,1-2H3,(H,25,27). The zero-order valence-corrected chi connectivity index (χ0v) is 17.1. The molecule has 0 radical (unpaired) electrons. The molecule has 1 N–H and O–H groups in total. The number of rotatable bonds is 8. The molecule has 0 aliphatic rings. The number of hydrogen-bond acceptors (Lipinski definition) is 6. The van der Waals surface area contributed by atoms with E-state index in [2.05, 4.69) is 5.32 Å². The van der Waals surface area contributed by atoms with Crippen molar-refractivity contribution < 1.29 is 28.6 Å². The average Bonchev–Trinajstić information content (AvgIpc) is 2.82. The fourth-order valence-electron chi connectivity index (χ4n) is 2.86. The minimum absolute atomic E-state index is 0.136. The summed E-state index contributed by atoms with van der Waals surface area (Å²) < 4.78 is 15.6. The van der Waals surface area contributed by atoms with Gasteiger partial charge >= 0.3 is 5.97 Å². The summed E-state index contributed by atoms with van der Waals surface area (Å²) in [6.07, 6.45) is 0. The summed E-state index contributed by atoms with van der Waals surface area (Å²) in [4.78, 5) is 37.4. The molecule has 0 heterocycles. The number of carbonyl (C=O) groups excluding carboxylic acids is 3. The second kappa shape index (κ2) is 10.1. The van der Waals surface area contributed by atoms with E-state index in [1.54, 1.807) is 60.7 Å². The smallest absolute Gasteiger partial charge is 0.340 e. The van der Waals surface area contributed by atoms with Crippen LogP contribution in [0.3, 0.4) is 0 Å². The first-order chi connectivity index (χ1) is 15.0. The van der Waals surface area contributed by atoms with Gasteiger partial charge in [0.2, 0.25) is 0 Å². The highest BCUT2D eigenvalue weighted by Gasteiger charge is 2.18. The summed E-state index contributed by atoms with van der Waals surface area (Å²) >= 11 is 0. The van der Waals surface area contributed by atoms with Crippen LogP contribution in [0.2, 0.25) is 0 Å². The van der Waals surface area contributed by atoms with E-state index in [-0.39, 0.29) is 17.0 Å². The zero-order chi connectivity index (χ0) is 22.2. The number of Topliss-reactive ketones (excluding diaryl/α,β-unsaturated/α-hetero) is 1. The molecule has 0 unspecified atom stereocenters. The topological polar surface area (TPSA) is 90.9 Å². The molecule has 0 atom stereocenters. The molecule has 1 amide bonds. The number of nitrogens with one attached hydrogen (secondary N) is 1. The van der Waals surface area contributed by atoms with Crippen LogP contribution in [-0.2, 0) is 4.74 Å². The van der Waals surface area contributed by atoms with Gasteiger partial charge < -0.3 is 19.5 Å². The van der Waals surface area contributed by atoms with Crippen molar-refractivity contribution >= 4 is 23.3 Å². The van der Waals surface area contributed by atoms with Gasteiger partial charge in [-0.05, 0) is 30.3 Å². The first kappa shape index (κ1) is 21.6. The monoisotopic (exact) mass is 419 g/mol. The number of ether oxygens (including phenoxy) is 3. The number of ketones is 1. The summed E-state index contributed by atoms with van der Waals surface area (Å²) in [5.41, 5.74) is 1.17. The van der Waals surface area contributed by atoms with Crippen molar-refractivity contribution in [2.45, 2.75) is 0 Å². The van der Waals surface area contributed by atoms with Gasteiger partial charge in [-0.3, -0.25) is 9.59 Å². The van der Waals surface area contributed by atoms with Crippen molar-refractivity contribution in [3.05, 3.63) is 89.5 Å². The number of methoxy groups -OCH3 is 2. The molecule has 0 saturated carbocycles. The molecule has 0 bridgehead atoms. The number of carbonyl (C=O) groups is 3. The highest BCUT2D eigenvalue weighted by atomic mass is 16.5. The third-order valence-electron chi connectivity index (χ3n) is 4.47. The van der Waals surface area contributed by atoms with Crippen LogP contribution in [-0.4, -0.2) is 38.5 Å². The SMILES string of the molecule is COc1ccc(C(=O)Nc2ccccc2C(=O)OCC(=O)c2ccccc2)cc1OC. The van der Waals surface area contributed by atoms with Crippen molar-refractivity contribution in [3.63, 3.8) is 0 Å². The van der Waals surface area contributed by atoms with Crippen LogP contribution in [0.1, 0.15) is 31.1 Å². The van der Waals surface area contributed by atoms with Crippen LogP contribution in [0.4, 0.5) is 5.69 Å². The van der Waals surface area contributed by atoms with Crippen molar-refractivity contribution in [1.82, 2.24) is 0 Å². The average molecular weight is 419 g/mol. The summed E-state index contributed by atoms with van der Waals surface area (Å²) in [6, 6.07) is 19.7. The Morgan fingerprint density at radius 1 is 0.774 bits per heavy atom. The van der Waals surface area contributed by atoms with Gasteiger partial charge in [-0.25, -0.2) is 4.79 Å². The quantitative estimate of drug-likeness (QED) is 0.438. The summed E-state index contributed by atoms with van der Waals surface area (Å²) in [5.74, 6) is -0.580. The number of benzene rings is 3. The molecule has 3 aromatic rings. The molecule has 158 valence electrons. The van der Waals surface area contributed by atoms with Gasteiger partial charge in [0.05, 0.1) is 25.5 Å². The lowest BCUT2D eigenvalue weighted by molar-refractivity contribution is 0.0475. The predicted molar refractivity (Wildman–Crippen MR) is 115 cm³/mol. The molecular formula is C24H21NO6. The van der Waals surface area contributed by atoms with E-state index in [4.69, 9.17) is 14.2 Å². The van der Waals surface area contributed by atoms with E-state index >= 15 is 0 Å². The molecule has 31 heavy (non-hydrogen) atoms. The van der Waals surface area contributed by atoms with Crippen molar-refractivity contribution in [2.75, 3.05) is 26.1 Å². The highest BCUT2D eigenvalue weighted by molar-refractivity contribution is 6.08. The Morgan fingerprint density at radius 2 is 1.45 bits per heavy atom. The Bertz CT molecular complexity index is 1090.